The van der Waals surface area contributed by atoms with E-state index in [1.54, 1.807) is 0 Å². The van der Waals surface area contributed by atoms with Gasteiger partial charge in [-0.15, -0.1) is 0 Å². The number of hydrogen-bond donors (Lipinski definition) is 1. The Morgan fingerprint density at radius 3 is 2.62 bits per heavy atom. The summed E-state index contributed by atoms with van der Waals surface area (Å²) in [5.74, 6) is 0.0906. The smallest absolute Gasteiger partial charge is 0.310 e. The maximum absolute atomic E-state index is 11.9. The van der Waals surface area contributed by atoms with Crippen LogP contribution in [0.1, 0.15) is 43.7 Å². The Bertz CT molecular complexity index is 518. The Morgan fingerprint density at radius 1 is 1.29 bits per heavy atom. The zero-order valence-corrected chi connectivity index (χ0v) is 12.8. The van der Waals surface area contributed by atoms with Gasteiger partial charge in [-0.3, -0.25) is 9.69 Å². The summed E-state index contributed by atoms with van der Waals surface area (Å²) in [4.78, 5) is 14.2. The van der Waals surface area contributed by atoms with Gasteiger partial charge >= 0.3 is 5.97 Å². The standard InChI is InChI=1S/C18H25NO2/c1-14-6-9-18(10-7-14,17(20)21)13-19-11-8-15-4-2-3-5-16(15)12-19/h2-5,14H,6-13H2,1H3,(H,20,21). The summed E-state index contributed by atoms with van der Waals surface area (Å²) in [5.41, 5.74) is 2.28. The van der Waals surface area contributed by atoms with Crippen molar-refractivity contribution in [2.45, 2.75) is 45.6 Å². The molecule has 1 N–H and O–H groups in total. The van der Waals surface area contributed by atoms with E-state index >= 15 is 0 Å². The fraction of sp³-hybridized carbons (Fsp3) is 0.611. The second kappa shape index (κ2) is 5.80. The van der Waals surface area contributed by atoms with Gasteiger partial charge in [-0.2, -0.15) is 0 Å². The fourth-order valence-electron chi connectivity index (χ4n) is 3.87. The molecule has 1 heterocycles. The second-order valence-corrected chi connectivity index (χ2v) is 7.00. The van der Waals surface area contributed by atoms with Gasteiger partial charge in [-0.1, -0.05) is 31.2 Å². The van der Waals surface area contributed by atoms with Crippen LogP contribution < -0.4 is 0 Å². The van der Waals surface area contributed by atoms with Crippen LogP contribution in [0.2, 0.25) is 0 Å². The number of fused-ring (bicyclic) bond motifs is 1. The van der Waals surface area contributed by atoms with Gasteiger partial charge in [0.2, 0.25) is 0 Å². The Kier molecular flexibility index (Phi) is 4.03. The van der Waals surface area contributed by atoms with Crippen LogP contribution in [0.3, 0.4) is 0 Å². The molecule has 3 rings (SSSR count). The van der Waals surface area contributed by atoms with E-state index in [0.717, 1.165) is 45.2 Å². The Morgan fingerprint density at radius 2 is 1.95 bits per heavy atom. The van der Waals surface area contributed by atoms with Gasteiger partial charge in [0.1, 0.15) is 0 Å². The quantitative estimate of drug-likeness (QED) is 0.927. The predicted octanol–water partition coefficient (Wildman–Crippen LogP) is 3.33. The SMILES string of the molecule is CC1CCC(CN2CCc3ccccc3C2)(C(=O)O)CC1. The van der Waals surface area contributed by atoms with Crippen LogP contribution in [-0.2, 0) is 17.8 Å². The lowest BCUT2D eigenvalue weighted by Crippen LogP contribution is -2.46. The van der Waals surface area contributed by atoms with Crippen molar-refractivity contribution < 1.29 is 9.90 Å². The molecule has 0 amide bonds. The summed E-state index contributed by atoms with van der Waals surface area (Å²) in [6, 6.07) is 8.55. The summed E-state index contributed by atoms with van der Waals surface area (Å²) < 4.78 is 0. The zero-order valence-electron chi connectivity index (χ0n) is 12.8. The van der Waals surface area contributed by atoms with Gasteiger partial charge in [-0.05, 0) is 49.1 Å². The molecule has 2 aliphatic rings. The van der Waals surface area contributed by atoms with Gasteiger partial charge in [-0.25, -0.2) is 0 Å². The first-order valence-corrected chi connectivity index (χ1v) is 8.12. The first-order chi connectivity index (χ1) is 10.1. The van der Waals surface area contributed by atoms with Crippen LogP contribution in [-0.4, -0.2) is 29.1 Å². The number of benzene rings is 1. The van der Waals surface area contributed by atoms with E-state index in [0.29, 0.717) is 12.5 Å². The highest BCUT2D eigenvalue weighted by molar-refractivity contribution is 5.75. The van der Waals surface area contributed by atoms with E-state index in [2.05, 4.69) is 36.1 Å². The third-order valence-electron chi connectivity index (χ3n) is 5.42. The van der Waals surface area contributed by atoms with Gasteiger partial charge < -0.3 is 5.11 Å². The molecular weight excluding hydrogens is 262 g/mol. The highest BCUT2D eigenvalue weighted by atomic mass is 16.4. The van der Waals surface area contributed by atoms with Gasteiger partial charge in [0.15, 0.2) is 0 Å². The monoisotopic (exact) mass is 287 g/mol. The van der Waals surface area contributed by atoms with Crippen molar-refractivity contribution in [2.75, 3.05) is 13.1 Å². The Labute approximate surface area is 127 Å². The van der Waals surface area contributed by atoms with E-state index in [9.17, 15) is 9.90 Å². The third kappa shape index (κ3) is 2.98. The molecule has 3 nitrogen and oxygen atoms in total. The largest absolute Gasteiger partial charge is 0.481 e. The van der Waals surface area contributed by atoms with E-state index in [1.807, 2.05) is 0 Å². The number of aliphatic carboxylic acids is 1. The van der Waals surface area contributed by atoms with E-state index < -0.39 is 11.4 Å². The minimum Gasteiger partial charge on any atom is -0.481 e. The lowest BCUT2D eigenvalue weighted by Gasteiger charge is -2.41. The molecule has 0 bridgehead atoms. The minimum absolute atomic E-state index is 0.515. The molecular formula is C18H25NO2. The van der Waals surface area contributed by atoms with Crippen LogP contribution in [0.4, 0.5) is 0 Å². The molecule has 1 saturated carbocycles. The summed E-state index contributed by atoms with van der Waals surface area (Å²) in [7, 11) is 0. The molecule has 0 unspecified atom stereocenters. The minimum atomic E-state index is -0.590. The lowest BCUT2D eigenvalue weighted by molar-refractivity contribution is -0.153. The first kappa shape index (κ1) is 14.6. The number of hydrogen-bond acceptors (Lipinski definition) is 2. The van der Waals surface area contributed by atoms with Gasteiger partial charge in [0.25, 0.3) is 0 Å². The summed E-state index contributed by atoms with van der Waals surface area (Å²) >= 11 is 0. The second-order valence-electron chi connectivity index (χ2n) is 7.00. The van der Waals surface area contributed by atoms with Crippen molar-refractivity contribution in [1.82, 2.24) is 4.90 Å². The molecule has 0 spiro atoms. The molecule has 0 radical (unpaired) electrons. The zero-order chi connectivity index (χ0) is 14.9. The predicted molar refractivity (Wildman–Crippen MR) is 83.1 cm³/mol. The molecule has 0 aromatic heterocycles. The van der Waals surface area contributed by atoms with Crippen molar-refractivity contribution in [2.24, 2.45) is 11.3 Å². The normalized spacial score (nSPS) is 29.9. The summed E-state index contributed by atoms with van der Waals surface area (Å²) in [5, 5.41) is 9.77. The van der Waals surface area contributed by atoms with Crippen molar-refractivity contribution in [3.63, 3.8) is 0 Å². The molecule has 1 aromatic rings. The van der Waals surface area contributed by atoms with Crippen LogP contribution >= 0.6 is 0 Å². The van der Waals surface area contributed by atoms with Crippen molar-refractivity contribution in [3.05, 3.63) is 35.4 Å². The molecule has 0 atom stereocenters. The van der Waals surface area contributed by atoms with Crippen molar-refractivity contribution in [1.29, 1.82) is 0 Å². The van der Waals surface area contributed by atoms with E-state index in [-0.39, 0.29) is 0 Å². The topological polar surface area (TPSA) is 40.5 Å². The number of carbonyl (C=O) groups is 1. The third-order valence-corrected chi connectivity index (χ3v) is 5.42. The molecule has 0 saturated heterocycles. The number of rotatable bonds is 3. The van der Waals surface area contributed by atoms with Crippen LogP contribution in [0.5, 0.6) is 0 Å². The molecule has 1 fully saturated rings. The van der Waals surface area contributed by atoms with Crippen LogP contribution in [0.25, 0.3) is 0 Å². The van der Waals surface area contributed by atoms with Crippen LogP contribution in [0, 0.1) is 11.3 Å². The molecule has 3 heteroatoms. The maximum Gasteiger partial charge on any atom is 0.310 e. The van der Waals surface area contributed by atoms with Crippen molar-refractivity contribution in [3.8, 4) is 0 Å². The van der Waals surface area contributed by atoms with E-state index in [4.69, 9.17) is 0 Å². The number of carboxylic acids is 1. The molecule has 1 aliphatic carbocycles. The fourth-order valence-corrected chi connectivity index (χ4v) is 3.87. The number of carboxylic acid groups (broad SMARTS) is 1. The van der Waals surface area contributed by atoms with E-state index in [1.165, 1.54) is 11.1 Å². The molecule has 21 heavy (non-hydrogen) atoms. The molecule has 114 valence electrons. The average molecular weight is 287 g/mol. The Hall–Kier alpha value is -1.35. The van der Waals surface area contributed by atoms with Crippen LogP contribution in [0.15, 0.2) is 24.3 Å². The first-order valence-electron chi connectivity index (χ1n) is 8.12. The molecule has 1 aromatic carbocycles. The summed E-state index contributed by atoms with van der Waals surface area (Å²) in [6.45, 7) is 4.84. The van der Waals surface area contributed by atoms with Gasteiger partial charge in [0.05, 0.1) is 5.41 Å². The maximum atomic E-state index is 11.9. The highest BCUT2D eigenvalue weighted by Crippen LogP contribution is 2.40. The Balaban J connectivity index is 1.72. The highest BCUT2D eigenvalue weighted by Gasteiger charge is 2.42. The average Bonchev–Trinajstić information content (AvgIpc) is 2.49. The van der Waals surface area contributed by atoms with Crippen molar-refractivity contribution >= 4 is 5.97 Å². The van der Waals surface area contributed by atoms with Gasteiger partial charge in [0, 0.05) is 19.6 Å². The number of nitrogens with zero attached hydrogens (tertiary/aromatic N) is 1. The summed E-state index contributed by atoms with van der Waals surface area (Å²) in [6.07, 6.45) is 4.82. The molecule has 1 aliphatic heterocycles. The lowest BCUT2D eigenvalue weighted by atomic mass is 9.70.